The summed E-state index contributed by atoms with van der Waals surface area (Å²) in [6.07, 6.45) is 2.35. The van der Waals surface area contributed by atoms with Gasteiger partial charge in [-0.1, -0.05) is 12.1 Å². The minimum absolute atomic E-state index is 0.160. The van der Waals surface area contributed by atoms with Gasteiger partial charge in [-0.05, 0) is 56.9 Å². The third-order valence-electron chi connectivity index (χ3n) is 4.48. The first-order valence-electron chi connectivity index (χ1n) is 6.91. The highest BCUT2D eigenvalue weighted by Gasteiger charge is 2.45. The Balaban J connectivity index is 2.09. The summed E-state index contributed by atoms with van der Waals surface area (Å²) < 4.78 is 2.06. The topological polar surface area (TPSA) is 43.8 Å². The van der Waals surface area contributed by atoms with E-state index in [0.717, 1.165) is 5.69 Å². The van der Waals surface area contributed by atoms with Gasteiger partial charge in [0.25, 0.3) is 0 Å². The molecule has 3 heteroatoms. The fourth-order valence-corrected chi connectivity index (χ4v) is 2.66. The van der Waals surface area contributed by atoms with Crippen LogP contribution in [-0.2, 0) is 5.41 Å². The quantitative estimate of drug-likeness (QED) is 0.916. The molecule has 1 aromatic carbocycles. The molecule has 1 aliphatic rings. The fourth-order valence-electron chi connectivity index (χ4n) is 2.66. The molecule has 1 heterocycles. The Labute approximate surface area is 114 Å². The Morgan fingerprint density at radius 1 is 1.26 bits per heavy atom. The number of aromatic nitrogens is 2. The molecular weight excluding hydrogens is 234 g/mol. The van der Waals surface area contributed by atoms with Crippen LogP contribution in [0.2, 0.25) is 0 Å². The summed E-state index contributed by atoms with van der Waals surface area (Å²) in [5.74, 6) is 0. The third kappa shape index (κ3) is 1.89. The van der Waals surface area contributed by atoms with E-state index in [1.165, 1.54) is 35.3 Å². The first-order valence-corrected chi connectivity index (χ1v) is 6.91. The number of nitrogens with zero attached hydrogens (tertiary/aromatic N) is 2. The van der Waals surface area contributed by atoms with Gasteiger partial charge in [0.15, 0.2) is 0 Å². The zero-order chi connectivity index (χ0) is 13.6. The molecule has 1 fully saturated rings. The summed E-state index contributed by atoms with van der Waals surface area (Å²) in [5, 5.41) is 4.82. The summed E-state index contributed by atoms with van der Waals surface area (Å²) in [7, 11) is 0. The molecule has 0 radical (unpaired) electrons. The normalized spacial score (nSPS) is 16.6. The predicted octanol–water partition coefficient (Wildman–Crippen LogP) is 2.79. The van der Waals surface area contributed by atoms with Gasteiger partial charge in [-0.2, -0.15) is 5.10 Å². The van der Waals surface area contributed by atoms with Crippen molar-refractivity contribution in [3.05, 3.63) is 46.8 Å². The Kier molecular flexibility index (Phi) is 2.75. The number of rotatable bonds is 3. The van der Waals surface area contributed by atoms with Crippen LogP contribution >= 0.6 is 0 Å². The van der Waals surface area contributed by atoms with E-state index in [4.69, 9.17) is 10.8 Å². The van der Waals surface area contributed by atoms with Crippen LogP contribution in [0.25, 0.3) is 5.69 Å². The van der Waals surface area contributed by atoms with Crippen molar-refractivity contribution < 1.29 is 0 Å². The van der Waals surface area contributed by atoms with Gasteiger partial charge in [-0.15, -0.1) is 0 Å². The van der Waals surface area contributed by atoms with Crippen molar-refractivity contribution in [3.8, 4) is 5.69 Å². The minimum Gasteiger partial charge on any atom is -0.330 e. The maximum Gasteiger partial charge on any atom is 0.0706 e. The number of nitrogens with two attached hydrogens (primary N) is 1. The third-order valence-corrected chi connectivity index (χ3v) is 4.48. The first kappa shape index (κ1) is 12.4. The molecule has 0 bridgehead atoms. The molecule has 2 N–H and O–H groups in total. The smallest absolute Gasteiger partial charge is 0.0706 e. The van der Waals surface area contributed by atoms with Crippen molar-refractivity contribution in [2.75, 3.05) is 6.54 Å². The summed E-state index contributed by atoms with van der Waals surface area (Å²) in [6, 6.07) is 8.56. The largest absolute Gasteiger partial charge is 0.330 e. The average Bonchev–Trinajstić information content (AvgIpc) is 3.11. The molecule has 0 unspecified atom stereocenters. The summed E-state index contributed by atoms with van der Waals surface area (Å²) in [6.45, 7) is 7.11. The lowest BCUT2D eigenvalue weighted by atomic mass is 10.0. The van der Waals surface area contributed by atoms with Gasteiger partial charge in [0.05, 0.1) is 11.4 Å². The summed E-state index contributed by atoms with van der Waals surface area (Å²) in [5.41, 5.74) is 12.2. The molecule has 0 aliphatic heterocycles. The monoisotopic (exact) mass is 255 g/mol. The van der Waals surface area contributed by atoms with Gasteiger partial charge in [0.2, 0.25) is 0 Å². The fraction of sp³-hybridized carbons (Fsp3) is 0.438. The summed E-state index contributed by atoms with van der Waals surface area (Å²) >= 11 is 0. The lowest BCUT2D eigenvalue weighted by Gasteiger charge is -2.11. The zero-order valence-electron chi connectivity index (χ0n) is 11.9. The maximum absolute atomic E-state index is 5.90. The molecular formula is C16H21N3. The average molecular weight is 255 g/mol. The number of benzene rings is 1. The molecule has 19 heavy (non-hydrogen) atoms. The van der Waals surface area contributed by atoms with Crippen LogP contribution in [0.4, 0.5) is 0 Å². The lowest BCUT2D eigenvalue weighted by molar-refractivity contribution is 0.659. The van der Waals surface area contributed by atoms with E-state index >= 15 is 0 Å². The molecule has 100 valence electrons. The van der Waals surface area contributed by atoms with E-state index in [-0.39, 0.29) is 5.41 Å². The Morgan fingerprint density at radius 3 is 2.63 bits per heavy atom. The molecule has 3 nitrogen and oxygen atoms in total. The van der Waals surface area contributed by atoms with Gasteiger partial charge >= 0.3 is 0 Å². The van der Waals surface area contributed by atoms with Gasteiger partial charge in [0.1, 0.15) is 0 Å². The van der Waals surface area contributed by atoms with E-state index in [2.05, 4.69) is 49.7 Å². The van der Waals surface area contributed by atoms with Crippen molar-refractivity contribution >= 4 is 0 Å². The van der Waals surface area contributed by atoms with Crippen LogP contribution in [0.15, 0.2) is 24.3 Å². The van der Waals surface area contributed by atoms with Crippen LogP contribution in [0, 0.1) is 20.8 Å². The van der Waals surface area contributed by atoms with Gasteiger partial charge in [0, 0.05) is 17.7 Å². The van der Waals surface area contributed by atoms with Gasteiger partial charge in [-0.25, -0.2) is 4.68 Å². The second-order valence-electron chi connectivity index (χ2n) is 5.79. The zero-order valence-corrected chi connectivity index (χ0v) is 11.9. The molecule has 1 saturated carbocycles. The van der Waals surface area contributed by atoms with Crippen molar-refractivity contribution in [2.24, 2.45) is 5.73 Å². The molecule has 0 saturated heterocycles. The second kappa shape index (κ2) is 4.20. The first-order chi connectivity index (χ1) is 9.07. The highest BCUT2D eigenvalue weighted by molar-refractivity contribution is 5.46. The SMILES string of the molecule is Cc1cccc(-n2nc(C3(CN)CC3)cc2C)c1C. The Morgan fingerprint density at radius 2 is 2.00 bits per heavy atom. The Hall–Kier alpha value is -1.61. The molecule has 2 aromatic rings. The predicted molar refractivity (Wildman–Crippen MR) is 77.7 cm³/mol. The van der Waals surface area contributed by atoms with Crippen LogP contribution in [0.1, 0.15) is 35.4 Å². The van der Waals surface area contributed by atoms with Crippen LogP contribution in [0.3, 0.4) is 0 Å². The van der Waals surface area contributed by atoms with Crippen molar-refractivity contribution in [2.45, 2.75) is 39.0 Å². The van der Waals surface area contributed by atoms with Gasteiger partial charge in [-0.3, -0.25) is 0 Å². The van der Waals surface area contributed by atoms with Crippen molar-refractivity contribution in [3.63, 3.8) is 0 Å². The van der Waals surface area contributed by atoms with Crippen molar-refractivity contribution in [1.82, 2.24) is 9.78 Å². The van der Waals surface area contributed by atoms with E-state index in [0.29, 0.717) is 6.54 Å². The molecule has 0 spiro atoms. The molecule has 0 amide bonds. The van der Waals surface area contributed by atoms with E-state index in [1.807, 2.05) is 0 Å². The standard InChI is InChI=1S/C16H21N3/c1-11-5-4-6-14(13(11)3)19-12(2)9-15(18-19)16(10-17)7-8-16/h4-6,9H,7-8,10,17H2,1-3H3. The molecule has 1 aromatic heterocycles. The van der Waals surface area contributed by atoms with Crippen LogP contribution < -0.4 is 5.73 Å². The second-order valence-corrected chi connectivity index (χ2v) is 5.79. The van der Waals surface area contributed by atoms with Crippen LogP contribution in [0.5, 0.6) is 0 Å². The highest BCUT2D eigenvalue weighted by atomic mass is 15.3. The van der Waals surface area contributed by atoms with Crippen molar-refractivity contribution in [1.29, 1.82) is 0 Å². The van der Waals surface area contributed by atoms with E-state index in [9.17, 15) is 0 Å². The van der Waals surface area contributed by atoms with E-state index < -0.39 is 0 Å². The highest BCUT2D eigenvalue weighted by Crippen LogP contribution is 2.46. The number of hydrogen-bond acceptors (Lipinski definition) is 2. The maximum atomic E-state index is 5.90. The number of aryl methyl sites for hydroxylation is 2. The van der Waals surface area contributed by atoms with Crippen LogP contribution in [-0.4, -0.2) is 16.3 Å². The lowest BCUT2D eigenvalue weighted by Crippen LogP contribution is -2.20. The molecule has 3 rings (SSSR count). The number of hydrogen-bond donors (Lipinski definition) is 1. The van der Waals surface area contributed by atoms with Gasteiger partial charge < -0.3 is 5.73 Å². The molecule has 1 aliphatic carbocycles. The minimum atomic E-state index is 0.160. The summed E-state index contributed by atoms with van der Waals surface area (Å²) in [4.78, 5) is 0. The Bertz CT molecular complexity index is 621. The van der Waals surface area contributed by atoms with E-state index in [1.54, 1.807) is 0 Å². The molecule has 0 atom stereocenters.